The lowest BCUT2D eigenvalue weighted by atomic mass is 10.1. The molecule has 0 aliphatic heterocycles. The topological polar surface area (TPSA) is 47.3 Å². The molecule has 0 aliphatic rings. The molecule has 0 saturated carbocycles. The molecule has 0 unspecified atom stereocenters. The van der Waals surface area contributed by atoms with Gasteiger partial charge in [0.15, 0.2) is 0 Å². The number of halogens is 1. The number of anilines is 2. The van der Waals surface area contributed by atoms with E-state index in [2.05, 4.69) is 21.2 Å². The number of thiocarbonyl (C=S) groups is 1. The van der Waals surface area contributed by atoms with Crippen LogP contribution in [-0.4, -0.2) is 12.1 Å². The van der Waals surface area contributed by atoms with Gasteiger partial charge in [-0.25, -0.2) is 0 Å². The lowest BCUT2D eigenvalue weighted by molar-refractivity contribution is 0.416. The van der Waals surface area contributed by atoms with E-state index < -0.39 is 0 Å². The molecule has 0 atom stereocenters. The van der Waals surface area contributed by atoms with Crippen LogP contribution in [0.4, 0.5) is 11.4 Å². The average molecular weight is 351 g/mol. The van der Waals surface area contributed by atoms with Crippen LogP contribution < -0.4 is 15.8 Å². The molecule has 0 aliphatic carbocycles. The second kappa shape index (κ2) is 6.24. The Morgan fingerprint density at radius 1 is 1.25 bits per heavy atom. The Hall–Kier alpha value is -1.59. The third kappa shape index (κ3) is 3.11. The molecule has 2 aromatic rings. The van der Waals surface area contributed by atoms with Gasteiger partial charge in [0.25, 0.3) is 0 Å². The highest BCUT2D eigenvalue weighted by Gasteiger charge is 2.11. The van der Waals surface area contributed by atoms with Gasteiger partial charge in [-0.15, -0.1) is 0 Å². The van der Waals surface area contributed by atoms with E-state index in [1.54, 1.807) is 7.11 Å². The molecule has 0 bridgehead atoms. The van der Waals surface area contributed by atoms with E-state index in [9.17, 15) is 0 Å². The molecule has 0 aromatic heterocycles. The number of nitrogens with two attached hydrogens (primary N) is 1. The molecular weight excluding hydrogens is 336 g/mol. The van der Waals surface area contributed by atoms with Gasteiger partial charge in [-0.05, 0) is 52.7 Å². The fourth-order valence-electron chi connectivity index (χ4n) is 1.94. The summed E-state index contributed by atoms with van der Waals surface area (Å²) >= 11 is 8.59. The number of nitrogens with one attached hydrogen (secondary N) is 1. The van der Waals surface area contributed by atoms with Gasteiger partial charge in [-0.3, -0.25) is 0 Å². The van der Waals surface area contributed by atoms with E-state index in [1.807, 2.05) is 43.3 Å². The predicted molar refractivity (Wildman–Crippen MR) is 91.0 cm³/mol. The van der Waals surface area contributed by atoms with Crippen LogP contribution in [0, 0.1) is 6.92 Å². The Kier molecular flexibility index (Phi) is 4.62. The second-order valence-corrected chi connectivity index (χ2v) is 5.65. The first kappa shape index (κ1) is 14.8. The normalized spacial score (nSPS) is 10.2. The molecule has 0 spiro atoms. The predicted octanol–water partition coefficient (Wildman–Crippen LogP) is 4.14. The number of ether oxygens (including phenoxy) is 1. The van der Waals surface area contributed by atoms with Gasteiger partial charge in [0, 0.05) is 15.7 Å². The molecule has 5 heteroatoms. The summed E-state index contributed by atoms with van der Waals surface area (Å²) in [6.07, 6.45) is 0. The SMILES string of the molecule is COc1ccc(C)cc1Nc1cccc(Br)c1C(N)=S. The first-order valence-electron chi connectivity index (χ1n) is 6.03. The van der Waals surface area contributed by atoms with Crippen molar-refractivity contribution in [3.63, 3.8) is 0 Å². The monoisotopic (exact) mass is 350 g/mol. The van der Waals surface area contributed by atoms with Crippen LogP contribution in [0.2, 0.25) is 0 Å². The van der Waals surface area contributed by atoms with Crippen molar-refractivity contribution in [2.45, 2.75) is 6.92 Å². The van der Waals surface area contributed by atoms with Crippen molar-refractivity contribution >= 4 is 44.5 Å². The summed E-state index contributed by atoms with van der Waals surface area (Å²) in [5.74, 6) is 0.768. The number of benzene rings is 2. The molecule has 0 radical (unpaired) electrons. The van der Waals surface area contributed by atoms with Gasteiger partial charge in [-0.2, -0.15) is 0 Å². The van der Waals surface area contributed by atoms with E-state index in [4.69, 9.17) is 22.7 Å². The molecule has 3 N–H and O–H groups in total. The zero-order valence-electron chi connectivity index (χ0n) is 11.2. The Balaban J connectivity index is 2.48. The lowest BCUT2D eigenvalue weighted by Crippen LogP contribution is -2.13. The van der Waals surface area contributed by atoms with Crippen molar-refractivity contribution in [2.75, 3.05) is 12.4 Å². The minimum absolute atomic E-state index is 0.339. The molecule has 20 heavy (non-hydrogen) atoms. The van der Waals surface area contributed by atoms with Gasteiger partial charge < -0.3 is 15.8 Å². The minimum Gasteiger partial charge on any atom is -0.495 e. The summed E-state index contributed by atoms with van der Waals surface area (Å²) in [5, 5.41) is 3.33. The molecule has 2 aromatic carbocycles. The molecule has 0 fully saturated rings. The fraction of sp³-hybridized carbons (Fsp3) is 0.133. The van der Waals surface area contributed by atoms with E-state index in [0.29, 0.717) is 4.99 Å². The largest absolute Gasteiger partial charge is 0.495 e. The van der Waals surface area contributed by atoms with Crippen molar-refractivity contribution in [3.05, 3.63) is 52.0 Å². The Morgan fingerprint density at radius 3 is 2.65 bits per heavy atom. The number of hydrogen-bond donors (Lipinski definition) is 2. The van der Waals surface area contributed by atoms with Crippen molar-refractivity contribution in [1.29, 1.82) is 0 Å². The highest BCUT2D eigenvalue weighted by atomic mass is 79.9. The smallest absolute Gasteiger partial charge is 0.142 e. The number of rotatable bonds is 4. The van der Waals surface area contributed by atoms with Crippen molar-refractivity contribution < 1.29 is 4.74 Å². The molecule has 0 heterocycles. The lowest BCUT2D eigenvalue weighted by Gasteiger charge is -2.15. The summed E-state index contributed by atoms with van der Waals surface area (Å²) in [6.45, 7) is 2.03. The van der Waals surface area contributed by atoms with Crippen LogP contribution >= 0.6 is 28.1 Å². The molecule has 3 nitrogen and oxygen atoms in total. The van der Waals surface area contributed by atoms with Crippen LogP contribution in [-0.2, 0) is 0 Å². The summed E-state index contributed by atoms with van der Waals surface area (Å²) in [7, 11) is 1.64. The highest BCUT2D eigenvalue weighted by molar-refractivity contribution is 9.10. The molecule has 104 valence electrons. The standard InChI is InChI=1S/C15H15BrN2OS/c1-9-6-7-13(19-2)12(8-9)18-11-5-3-4-10(16)14(11)15(17)20/h3-8,18H,1-2H3,(H2,17,20). The van der Waals surface area contributed by atoms with Gasteiger partial charge in [-0.1, -0.05) is 24.4 Å². The highest BCUT2D eigenvalue weighted by Crippen LogP contribution is 2.32. The average Bonchev–Trinajstić information content (AvgIpc) is 2.38. The maximum absolute atomic E-state index is 5.80. The molecule has 2 rings (SSSR count). The van der Waals surface area contributed by atoms with E-state index >= 15 is 0 Å². The van der Waals surface area contributed by atoms with Crippen molar-refractivity contribution in [2.24, 2.45) is 5.73 Å². The number of methoxy groups -OCH3 is 1. The van der Waals surface area contributed by atoms with Crippen LogP contribution in [0.5, 0.6) is 5.75 Å². The first-order valence-corrected chi connectivity index (χ1v) is 7.23. The van der Waals surface area contributed by atoms with E-state index in [1.165, 1.54) is 0 Å². The van der Waals surface area contributed by atoms with E-state index in [-0.39, 0.29) is 0 Å². The van der Waals surface area contributed by atoms with Crippen LogP contribution in [0.25, 0.3) is 0 Å². The maximum Gasteiger partial charge on any atom is 0.142 e. The Morgan fingerprint density at radius 2 is 2.00 bits per heavy atom. The van der Waals surface area contributed by atoms with Gasteiger partial charge >= 0.3 is 0 Å². The molecule has 0 amide bonds. The fourth-order valence-corrected chi connectivity index (χ4v) is 2.87. The Bertz CT molecular complexity index is 658. The van der Waals surface area contributed by atoms with E-state index in [0.717, 1.165) is 32.7 Å². The maximum atomic E-state index is 5.80. The second-order valence-electron chi connectivity index (χ2n) is 4.36. The summed E-state index contributed by atoms with van der Waals surface area (Å²) in [5.41, 5.74) is 9.44. The van der Waals surface area contributed by atoms with Gasteiger partial charge in [0.05, 0.1) is 12.8 Å². The number of aryl methyl sites for hydroxylation is 1. The van der Waals surface area contributed by atoms with Gasteiger partial charge in [0.2, 0.25) is 0 Å². The van der Waals surface area contributed by atoms with Crippen molar-refractivity contribution in [1.82, 2.24) is 0 Å². The number of hydrogen-bond acceptors (Lipinski definition) is 3. The summed E-state index contributed by atoms with van der Waals surface area (Å²) < 4.78 is 6.23. The first-order chi connectivity index (χ1) is 9.52. The summed E-state index contributed by atoms with van der Waals surface area (Å²) in [6, 6.07) is 11.7. The zero-order valence-corrected chi connectivity index (χ0v) is 13.6. The van der Waals surface area contributed by atoms with Crippen LogP contribution in [0.3, 0.4) is 0 Å². The third-order valence-corrected chi connectivity index (χ3v) is 3.75. The zero-order chi connectivity index (χ0) is 14.7. The third-order valence-electron chi connectivity index (χ3n) is 2.88. The molecule has 0 saturated heterocycles. The Labute approximate surface area is 132 Å². The quantitative estimate of drug-likeness (QED) is 0.813. The van der Waals surface area contributed by atoms with Crippen molar-refractivity contribution in [3.8, 4) is 5.75 Å². The molecular formula is C15H15BrN2OS. The summed E-state index contributed by atoms with van der Waals surface area (Å²) in [4.78, 5) is 0.339. The minimum atomic E-state index is 0.339. The van der Waals surface area contributed by atoms with Crippen LogP contribution in [0.15, 0.2) is 40.9 Å². The van der Waals surface area contributed by atoms with Crippen LogP contribution in [0.1, 0.15) is 11.1 Å². The van der Waals surface area contributed by atoms with Gasteiger partial charge in [0.1, 0.15) is 10.7 Å².